The van der Waals surface area contributed by atoms with Crippen LogP contribution in [0.25, 0.3) is 0 Å². The van der Waals surface area contributed by atoms with Gasteiger partial charge in [-0.1, -0.05) is 44.2 Å². The number of amides is 2. The molecule has 26 heavy (non-hydrogen) atoms. The van der Waals surface area contributed by atoms with Crippen LogP contribution in [0.1, 0.15) is 38.2 Å². The van der Waals surface area contributed by atoms with E-state index in [0.717, 1.165) is 28.3 Å². The lowest BCUT2D eigenvalue weighted by molar-refractivity contribution is -0.117. The third-order valence-corrected chi connectivity index (χ3v) is 5.80. The molecule has 1 atom stereocenters. The van der Waals surface area contributed by atoms with Crippen LogP contribution in [0.2, 0.25) is 0 Å². The number of carbonyl (C=O) groups is 2. The molecule has 0 spiro atoms. The maximum Gasteiger partial charge on any atom is 0.237 e. The van der Waals surface area contributed by atoms with E-state index in [-0.39, 0.29) is 18.2 Å². The molecule has 2 amide bonds. The van der Waals surface area contributed by atoms with Gasteiger partial charge in [0.05, 0.1) is 11.4 Å². The van der Waals surface area contributed by atoms with Crippen LogP contribution in [0.15, 0.2) is 53.4 Å². The molecule has 0 unspecified atom stereocenters. The fourth-order valence-electron chi connectivity index (χ4n) is 3.09. The predicted molar refractivity (Wildman–Crippen MR) is 108 cm³/mol. The largest absolute Gasteiger partial charge is 0.326 e. The zero-order chi connectivity index (χ0) is 18.5. The molecule has 0 bridgehead atoms. The van der Waals surface area contributed by atoms with E-state index >= 15 is 0 Å². The van der Waals surface area contributed by atoms with Crippen molar-refractivity contribution in [3.8, 4) is 0 Å². The van der Waals surface area contributed by atoms with Crippen LogP contribution in [-0.2, 0) is 9.59 Å². The van der Waals surface area contributed by atoms with Crippen LogP contribution in [0, 0.1) is 0 Å². The summed E-state index contributed by atoms with van der Waals surface area (Å²) in [5.41, 5.74) is 2.92. The van der Waals surface area contributed by atoms with E-state index < -0.39 is 0 Å². The van der Waals surface area contributed by atoms with Crippen molar-refractivity contribution in [2.45, 2.75) is 37.5 Å². The molecule has 1 heterocycles. The minimum absolute atomic E-state index is 0.0569. The Balaban J connectivity index is 1.66. The number of hydrogen-bond acceptors (Lipinski definition) is 3. The number of hydrogen-bond donors (Lipinski definition) is 1. The Morgan fingerprint density at radius 1 is 1.19 bits per heavy atom. The number of anilines is 2. The smallest absolute Gasteiger partial charge is 0.237 e. The third kappa shape index (κ3) is 4.10. The van der Waals surface area contributed by atoms with E-state index in [1.807, 2.05) is 42.5 Å². The Kier molecular flexibility index (Phi) is 5.99. The molecule has 0 saturated carbocycles. The molecule has 1 aliphatic heterocycles. The SMILES string of the molecule is CC[C@H](C)c1ccccc1NC(=O)CCN1C(=O)CSc2ccccc21. The minimum Gasteiger partial charge on any atom is -0.326 e. The fraction of sp³-hybridized carbons (Fsp3) is 0.333. The van der Waals surface area contributed by atoms with Gasteiger partial charge in [-0.3, -0.25) is 9.59 Å². The van der Waals surface area contributed by atoms with Crippen molar-refractivity contribution < 1.29 is 9.59 Å². The molecule has 5 heteroatoms. The first-order chi connectivity index (χ1) is 12.6. The number of para-hydroxylation sites is 2. The highest BCUT2D eigenvalue weighted by molar-refractivity contribution is 8.00. The van der Waals surface area contributed by atoms with Gasteiger partial charge in [-0.2, -0.15) is 0 Å². The molecular formula is C21H24N2O2S. The van der Waals surface area contributed by atoms with Crippen molar-refractivity contribution in [1.82, 2.24) is 0 Å². The van der Waals surface area contributed by atoms with Crippen molar-refractivity contribution in [1.29, 1.82) is 0 Å². The van der Waals surface area contributed by atoms with E-state index in [1.54, 1.807) is 16.7 Å². The Morgan fingerprint density at radius 2 is 1.92 bits per heavy atom. The van der Waals surface area contributed by atoms with Crippen LogP contribution < -0.4 is 10.2 Å². The van der Waals surface area contributed by atoms with Gasteiger partial charge in [0.2, 0.25) is 11.8 Å². The first-order valence-electron chi connectivity index (χ1n) is 9.01. The molecular weight excluding hydrogens is 344 g/mol. The minimum atomic E-state index is -0.0655. The molecule has 0 aliphatic carbocycles. The Hall–Kier alpha value is -2.27. The molecule has 0 aromatic heterocycles. The lowest BCUT2D eigenvalue weighted by Crippen LogP contribution is -2.37. The number of rotatable bonds is 6. The number of nitrogens with zero attached hydrogens (tertiary/aromatic N) is 1. The number of thioether (sulfide) groups is 1. The van der Waals surface area contributed by atoms with Crippen molar-refractivity contribution >= 4 is 35.0 Å². The Labute approximate surface area is 159 Å². The van der Waals surface area contributed by atoms with Crippen molar-refractivity contribution in [3.05, 3.63) is 54.1 Å². The molecule has 3 rings (SSSR count). The molecule has 1 aliphatic rings. The van der Waals surface area contributed by atoms with E-state index in [4.69, 9.17) is 0 Å². The molecule has 0 fully saturated rings. The molecule has 2 aromatic rings. The van der Waals surface area contributed by atoms with Crippen LogP contribution in [0.5, 0.6) is 0 Å². The molecule has 4 nitrogen and oxygen atoms in total. The van der Waals surface area contributed by atoms with Crippen LogP contribution in [0.4, 0.5) is 11.4 Å². The van der Waals surface area contributed by atoms with E-state index in [1.165, 1.54) is 0 Å². The molecule has 1 N–H and O–H groups in total. The molecule has 0 radical (unpaired) electrons. The molecule has 2 aromatic carbocycles. The van der Waals surface area contributed by atoms with Gasteiger partial charge in [-0.15, -0.1) is 11.8 Å². The van der Waals surface area contributed by atoms with Gasteiger partial charge >= 0.3 is 0 Å². The predicted octanol–water partition coefficient (Wildman–Crippen LogP) is 4.67. The van der Waals surface area contributed by atoms with Gasteiger partial charge in [0.25, 0.3) is 0 Å². The number of fused-ring (bicyclic) bond motifs is 1. The Bertz CT molecular complexity index is 806. The summed E-state index contributed by atoms with van der Waals surface area (Å²) in [7, 11) is 0. The number of benzene rings is 2. The second-order valence-corrected chi connectivity index (χ2v) is 7.51. The zero-order valence-corrected chi connectivity index (χ0v) is 16.0. The van der Waals surface area contributed by atoms with Crippen LogP contribution >= 0.6 is 11.8 Å². The summed E-state index contributed by atoms with van der Waals surface area (Å²) in [5.74, 6) is 0.806. The highest BCUT2D eigenvalue weighted by atomic mass is 32.2. The highest BCUT2D eigenvalue weighted by Crippen LogP contribution is 2.35. The average Bonchev–Trinajstić information content (AvgIpc) is 2.67. The normalized spacial score (nSPS) is 14.7. The summed E-state index contributed by atoms with van der Waals surface area (Å²) in [5, 5.41) is 3.02. The standard InChI is InChI=1S/C21H24N2O2S/c1-3-15(2)16-8-4-5-9-17(16)22-20(24)12-13-23-18-10-6-7-11-19(18)26-14-21(23)25/h4-11,15H,3,12-14H2,1-2H3,(H,22,24)/t15-/m0/s1. The maximum atomic E-state index is 12.5. The van der Waals surface area contributed by atoms with Gasteiger partial charge in [0, 0.05) is 23.5 Å². The van der Waals surface area contributed by atoms with Crippen LogP contribution in [-0.4, -0.2) is 24.1 Å². The summed E-state index contributed by atoms with van der Waals surface area (Å²) in [4.78, 5) is 27.6. The van der Waals surface area contributed by atoms with Crippen molar-refractivity contribution in [3.63, 3.8) is 0 Å². The molecule has 136 valence electrons. The topological polar surface area (TPSA) is 49.4 Å². The first kappa shape index (κ1) is 18.5. The van der Waals surface area contributed by atoms with E-state index in [9.17, 15) is 9.59 Å². The lowest BCUT2D eigenvalue weighted by atomic mass is 9.97. The summed E-state index contributed by atoms with van der Waals surface area (Å²) in [6, 6.07) is 15.8. The zero-order valence-electron chi connectivity index (χ0n) is 15.2. The fourth-order valence-corrected chi connectivity index (χ4v) is 4.02. The summed E-state index contributed by atoms with van der Waals surface area (Å²) in [6.07, 6.45) is 1.29. The van der Waals surface area contributed by atoms with Gasteiger partial charge in [-0.25, -0.2) is 0 Å². The van der Waals surface area contributed by atoms with Crippen molar-refractivity contribution in [2.24, 2.45) is 0 Å². The lowest BCUT2D eigenvalue weighted by Gasteiger charge is -2.28. The summed E-state index contributed by atoms with van der Waals surface area (Å²) in [6.45, 7) is 4.69. The maximum absolute atomic E-state index is 12.5. The quantitative estimate of drug-likeness (QED) is 0.806. The summed E-state index contributed by atoms with van der Waals surface area (Å²) < 4.78 is 0. The summed E-state index contributed by atoms with van der Waals surface area (Å²) >= 11 is 1.55. The second kappa shape index (κ2) is 8.41. The Morgan fingerprint density at radius 3 is 2.73 bits per heavy atom. The highest BCUT2D eigenvalue weighted by Gasteiger charge is 2.24. The van der Waals surface area contributed by atoms with Gasteiger partial charge in [0.1, 0.15) is 0 Å². The van der Waals surface area contributed by atoms with Gasteiger partial charge in [0.15, 0.2) is 0 Å². The monoisotopic (exact) mass is 368 g/mol. The number of nitrogens with one attached hydrogen (secondary N) is 1. The van der Waals surface area contributed by atoms with E-state index in [0.29, 0.717) is 18.2 Å². The van der Waals surface area contributed by atoms with Gasteiger partial charge in [-0.05, 0) is 36.1 Å². The first-order valence-corrected chi connectivity index (χ1v) is 9.99. The average molecular weight is 369 g/mol. The molecule has 0 saturated heterocycles. The van der Waals surface area contributed by atoms with E-state index in [2.05, 4.69) is 25.2 Å². The van der Waals surface area contributed by atoms with Crippen molar-refractivity contribution in [2.75, 3.05) is 22.5 Å². The third-order valence-electron chi connectivity index (χ3n) is 4.75. The van der Waals surface area contributed by atoms with Crippen LogP contribution in [0.3, 0.4) is 0 Å². The van der Waals surface area contributed by atoms with Gasteiger partial charge < -0.3 is 10.2 Å². The number of carbonyl (C=O) groups excluding carboxylic acids is 2. The second-order valence-electron chi connectivity index (χ2n) is 6.50.